The van der Waals surface area contributed by atoms with Crippen molar-refractivity contribution in [2.45, 2.75) is 26.7 Å². The lowest BCUT2D eigenvalue weighted by molar-refractivity contribution is -0.118. The largest absolute Gasteiger partial charge is 0.306 e. The SMILES string of the molecule is CCN(CC)CCC(=O)Cc1ccc(-n2ccnc2)cc1.Cl.Cl. The molecule has 4 nitrogen and oxygen atoms in total. The van der Waals surface area contributed by atoms with Gasteiger partial charge in [0.15, 0.2) is 0 Å². The first-order valence-electron chi connectivity index (χ1n) is 7.54. The second kappa shape index (κ2) is 11.2. The molecule has 23 heavy (non-hydrogen) atoms. The number of aromatic nitrogens is 2. The highest BCUT2D eigenvalue weighted by Gasteiger charge is 2.07. The summed E-state index contributed by atoms with van der Waals surface area (Å²) in [7, 11) is 0. The molecular formula is C17H25Cl2N3O. The Labute approximate surface area is 150 Å². The summed E-state index contributed by atoms with van der Waals surface area (Å²) >= 11 is 0. The van der Waals surface area contributed by atoms with E-state index in [0.29, 0.717) is 18.6 Å². The Morgan fingerprint density at radius 2 is 1.78 bits per heavy atom. The number of carbonyl (C=O) groups is 1. The Kier molecular flexibility index (Phi) is 10.6. The molecule has 2 aromatic rings. The fourth-order valence-corrected chi connectivity index (χ4v) is 2.34. The molecule has 0 spiro atoms. The van der Waals surface area contributed by atoms with Gasteiger partial charge in [0.25, 0.3) is 0 Å². The van der Waals surface area contributed by atoms with E-state index in [1.807, 2.05) is 35.0 Å². The number of imidazole rings is 1. The molecule has 0 unspecified atom stereocenters. The van der Waals surface area contributed by atoms with Crippen molar-refractivity contribution in [3.63, 3.8) is 0 Å². The Bertz CT molecular complexity index is 552. The molecule has 0 fully saturated rings. The predicted octanol–water partition coefficient (Wildman–Crippen LogP) is 3.56. The molecule has 0 N–H and O–H groups in total. The van der Waals surface area contributed by atoms with Gasteiger partial charge in [-0.05, 0) is 30.8 Å². The lowest BCUT2D eigenvalue weighted by Crippen LogP contribution is -2.26. The maximum Gasteiger partial charge on any atom is 0.138 e. The highest BCUT2D eigenvalue weighted by Crippen LogP contribution is 2.10. The van der Waals surface area contributed by atoms with Crippen molar-refractivity contribution in [2.75, 3.05) is 19.6 Å². The number of nitrogens with zero attached hydrogens (tertiary/aromatic N) is 3. The van der Waals surface area contributed by atoms with E-state index in [1.54, 1.807) is 12.5 Å². The zero-order valence-electron chi connectivity index (χ0n) is 13.6. The molecule has 1 aromatic heterocycles. The van der Waals surface area contributed by atoms with Gasteiger partial charge in [-0.15, -0.1) is 24.8 Å². The number of ketones is 1. The zero-order chi connectivity index (χ0) is 15.1. The molecule has 1 heterocycles. The molecule has 0 amide bonds. The third-order valence-corrected chi connectivity index (χ3v) is 3.74. The molecule has 0 atom stereocenters. The number of hydrogen-bond acceptors (Lipinski definition) is 3. The average Bonchev–Trinajstić information content (AvgIpc) is 3.03. The van der Waals surface area contributed by atoms with Crippen LogP contribution in [0.15, 0.2) is 43.0 Å². The summed E-state index contributed by atoms with van der Waals surface area (Å²) in [6, 6.07) is 8.08. The summed E-state index contributed by atoms with van der Waals surface area (Å²) in [5.74, 6) is 0.303. The maximum absolute atomic E-state index is 12.0. The molecule has 2 rings (SSSR count). The van der Waals surface area contributed by atoms with Crippen LogP contribution in [0, 0.1) is 0 Å². The lowest BCUT2D eigenvalue weighted by Gasteiger charge is -2.17. The first-order valence-corrected chi connectivity index (χ1v) is 7.54. The third kappa shape index (κ3) is 6.73. The van der Waals surface area contributed by atoms with Gasteiger partial charge in [-0.25, -0.2) is 4.98 Å². The average molecular weight is 358 g/mol. The number of benzene rings is 1. The van der Waals surface area contributed by atoms with Gasteiger partial charge in [0.1, 0.15) is 5.78 Å². The van der Waals surface area contributed by atoms with Crippen LogP contribution in [0.4, 0.5) is 0 Å². The standard InChI is InChI=1S/C17H23N3O.2ClH/c1-3-19(4-2)11-9-17(21)13-15-5-7-16(8-6-15)20-12-10-18-14-20;;/h5-8,10,12,14H,3-4,9,11,13H2,1-2H3;2*1H. The van der Waals surface area contributed by atoms with Crippen LogP contribution in [0.1, 0.15) is 25.8 Å². The minimum Gasteiger partial charge on any atom is -0.306 e. The van der Waals surface area contributed by atoms with Crippen LogP contribution in [-0.4, -0.2) is 39.9 Å². The fourth-order valence-electron chi connectivity index (χ4n) is 2.34. The van der Waals surface area contributed by atoms with E-state index >= 15 is 0 Å². The van der Waals surface area contributed by atoms with E-state index in [9.17, 15) is 4.79 Å². The van der Waals surface area contributed by atoms with Crippen LogP contribution in [-0.2, 0) is 11.2 Å². The van der Waals surface area contributed by atoms with E-state index in [4.69, 9.17) is 0 Å². The molecule has 128 valence electrons. The van der Waals surface area contributed by atoms with Gasteiger partial charge in [0.05, 0.1) is 6.33 Å². The van der Waals surface area contributed by atoms with E-state index in [2.05, 4.69) is 23.7 Å². The van der Waals surface area contributed by atoms with Gasteiger partial charge in [0.2, 0.25) is 0 Å². The number of halogens is 2. The summed E-state index contributed by atoms with van der Waals surface area (Å²) in [5.41, 5.74) is 2.13. The van der Waals surface area contributed by atoms with Gasteiger partial charge in [-0.1, -0.05) is 26.0 Å². The van der Waals surface area contributed by atoms with E-state index in [-0.39, 0.29) is 24.8 Å². The molecule has 0 saturated heterocycles. The number of Topliss-reactive ketones (excluding diaryl/α,β-unsaturated/α-hetero) is 1. The molecule has 1 aromatic carbocycles. The molecule has 6 heteroatoms. The van der Waals surface area contributed by atoms with Crippen molar-refractivity contribution < 1.29 is 4.79 Å². The van der Waals surface area contributed by atoms with Crippen molar-refractivity contribution >= 4 is 30.6 Å². The Morgan fingerprint density at radius 1 is 1.13 bits per heavy atom. The fraction of sp³-hybridized carbons (Fsp3) is 0.412. The summed E-state index contributed by atoms with van der Waals surface area (Å²) in [6.45, 7) is 7.12. The number of hydrogen-bond donors (Lipinski definition) is 0. The molecular weight excluding hydrogens is 333 g/mol. The minimum atomic E-state index is 0. The lowest BCUT2D eigenvalue weighted by atomic mass is 10.1. The summed E-state index contributed by atoms with van der Waals surface area (Å²) in [6.07, 6.45) is 6.58. The highest BCUT2D eigenvalue weighted by molar-refractivity contribution is 5.85. The smallest absolute Gasteiger partial charge is 0.138 e. The maximum atomic E-state index is 12.0. The zero-order valence-corrected chi connectivity index (χ0v) is 15.3. The molecule has 0 radical (unpaired) electrons. The normalized spacial score (nSPS) is 10.0. The van der Waals surface area contributed by atoms with Crippen molar-refractivity contribution in [3.8, 4) is 5.69 Å². The second-order valence-electron chi connectivity index (χ2n) is 5.13. The van der Waals surface area contributed by atoms with Crippen molar-refractivity contribution in [2.24, 2.45) is 0 Å². The van der Waals surface area contributed by atoms with Crippen LogP contribution >= 0.6 is 24.8 Å². The third-order valence-electron chi connectivity index (χ3n) is 3.74. The Morgan fingerprint density at radius 3 is 2.30 bits per heavy atom. The van der Waals surface area contributed by atoms with E-state index in [0.717, 1.165) is 30.9 Å². The van der Waals surface area contributed by atoms with Crippen LogP contribution in [0.25, 0.3) is 5.69 Å². The highest BCUT2D eigenvalue weighted by atomic mass is 35.5. The predicted molar refractivity (Wildman–Crippen MR) is 99.2 cm³/mol. The number of rotatable bonds is 8. The Hall–Kier alpha value is -1.36. The number of carbonyl (C=O) groups excluding carboxylic acids is 1. The summed E-state index contributed by atoms with van der Waals surface area (Å²) < 4.78 is 1.95. The molecule has 0 saturated carbocycles. The van der Waals surface area contributed by atoms with Crippen LogP contribution in [0.2, 0.25) is 0 Å². The van der Waals surface area contributed by atoms with E-state index in [1.165, 1.54) is 0 Å². The van der Waals surface area contributed by atoms with Gasteiger partial charge in [-0.3, -0.25) is 4.79 Å². The van der Waals surface area contributed by atoms with Crippen LogP contribution < -0.4 is 0 Å². The molecule has 0 aliphatic heterocycles. The van der Waals surface area contributed by atoms with Crippen LogP contribution in [0.5, 0.6) is 0 Å². The monoisotopic (exact) mass is 357 g/mol. The summed E-state index contributed by atoms with van der Waals surface area (Å²) in [5, 5.41) is 0. The van der Waals surface area contributed by atoms with E-state index < -0.39 is 0 Å². The molecule has 0 bridgehead atoms. The topological polar surface area (TPSA) is 38.1 Å². The molecule has 0 aliphatic carbocycles. The van der Waals surface area contributed by atoms with Gasteiger partial charge >= 0.3 is 0 Å². The minimum absolute atomic E-state index is 0. The van der Waals surface area contributed by atoms with Gasteiger partial charge in [-0.2, -0.15) is 0 Å². The Balaban J connectivity index is 0.00000242. The first-order chi connectivity index (χ1) is 10.2. The van der Waals surface area contributed by atoms with Gasteiger partial charge in [0, 0.05) is 37.5 Å². The van der Waals surface area contributed by atoms with Crippen molar-refractivity contribution in [3.05, 3.63) is 48.5 Å². The first kappa shape index (κ1) is 21.6. The second-order valence-corrected chi connectivity index (χ2v) is 5.13. The quantitative estimate of drug-likeness (QED) is 0.724. The van der Waals surface area contributed by atoms with Crippen molar-refractivity contribution in [1.29, 1.82) is 0 Å². The van der Waals surface area contributed by atoms with Crippen molar-refractivity contribution in [1.82, 2.24) is 14.5 Å². The summed E-state index contributed by atoms with van der Waals surface area (Å²) in [4.78, 5) is 18.3. The van der Waals surface area contributed by atoms with Crippen LogP contribution in [0.3, 0.4) is 0 Å². The van der Waals surface area contributed by atoms with Gasteiger partial charge < -0.3 is 9.47 Å². The molecule has 0 aliphatic rings.